The van der Waals surface area contributed by atoms with E-state index in [1.54, 1.807) is 6.20 Å². The number of nitrogens with two attached hydrogens (primary N) is 1. The highest BCUT2D eigenvalue weighted by Crippen LogP contribution is 2.16. The summed E-state index contributed by atoms with van der Waals surface area (Å²) >= 11 is 0. The molecule has 0 amide bonds. The van der Waals surface area contributed by atoms with Crippen molar-refractivity contribution in [3.63, 3.8) is 0 Å². The first-order valence-electron chi connectivity index (χ1n) is 5.86. The molecule has 0 atom stereocenters. The number of rotatable bonds is 2. The van der Waals surface area contributed by atoms with Gasteiger partial charge in [0.1, 0.15) is 11.5 Å². The van der Waals surface area contributed by atoms with Crippen LogP contribution in [0.2, 0.25) is 0 Å². The van der Waals surface area contributed by atoms with E-state index in [1.807, 2.05) is 0 Å². The molecule has 1 aromatic heterocycles. The third kappa shape index (κ3) is 2.83. The zero-order chi connectivity index (χ0) is 12.1. The third-order valence-electron chi connectivity index (χ3n) is 2.92. The second-order valence-electron chi connectivity index (χ2n) is 4.15. The summed E-state index contributed by atoms with van der Waals surface area (Å²) in [5.41, 5.74) is 5.91. The first-order valence-corrected chi connectivity index (χ1v) is 5.86. The molecular formula is C11H17N5O. The van der Waals surface area contributed by atoms with E-state index in [9.17, 15) is 0 Å². The monoisotopic (exact) mass is 235 g/mol. The fourth-order valence-electron chi connectivity index (χ4n) is 1.98. The van der Waals surface area contributed by atoms with Crippen molar-refractivity contribution in [2.75, 3.05) is 18.0 Å². The van der Waals surface area contributed by atoms with Crippen molar-refractivity contribution >= 4 is 11.7 Å². The van der Waals surface area contributed by atoms with E-state index < -0.39 is 0 Å². The van der Waals surface area contributed by atoms with Crippen molar-refractivity contribution in [2.45, 2.75) is 25.7 Å². The molecule has 0 aromatic carbocycles. The van der Waals surface area contributed by atoms with Crippen LogP contribution in [0.1, 0.15) is 31.4 Å². The number of aromatic nitrogens is 2. The smallest absolute Gasteiger partial charge is 0.190 e. The second-order valence-corrected chi connectivity index (χ2v) is 4.15. The van der Waals surface area contributed by atoms with Gasteiger partial charge in [0, 0.05) is 13.1 Å². The third-order valence-corrected chi connectivity index (χ3v) is 2.92. The van der Waals surface area contributed by atoms with Crippen molar-refractivity contribution in [2.24, 2.45) is 10.9 Å². The van der Waals surface area contributed by atoms with Crippen LogP contribution in [0, 0.1) is 0 Å². The Bertz CT molecular complexity index is 399. The van der Waals surface area contributed by atoms with Crippen LogP contribution in [-0.4, -0.2) is 34.1 Å². The zero-order valence-corrected chi connectivity index (χ0v) is 9.71. The lowest BCUT2D eigenvalue weighted by molar-refractivity contribution is 0.318. The van der Waals surface area contributed by atoms with E-state index in [0.29, 0.717) is 5.69 Å². The SMILES string of the molecule is N/C(=N\O)c1cncc(N2CCCCCC2)n1. The van der Waals surface area contributed by atoms with Crippen LogP contribution < -0.4 is 10.6 Å². The van der Waals surface area contributed by atoms with Gasteiger partial charge in [-0.05, 0) is 12.8 Å². The van der Waals surface area contributed by atoms with Crippen molar-refractivity contribution in [1.29, 1.82) is 0 Å². The van der Waals surface area contributed by atoms with Crippen LogP contribution in [0.25, 0.3) is 0 Å². The van der Waals surface area contributed by atoms with Gasteiger partial charge < -0.3 is 15.8 Å². The number of amidine groups is 1. The second kappa shape index (κ2) is 5.47. The maximum atomic E-state index is 8.62. The van der Waals surface area contributed by atoms with E-state index in [1.165, 1.54) is 31.9 Å². The van der Waals surface area contributed by atoms with Gasteiger partial charge in [-0.3, -0.25) is 4.98 Å². The molecule has 1 aromatic rings. The number of nitrogens with zero attached hydrogens (tertiary/aromatic N) is 4. The normalized spacial score (nSPS) is 17.9. The lowest BCUT2D eigenvalue weighted by Gasteiger charge is -2.21. The van der Waals surface area contributed by atoms with Gasteiger partial charge >= 0.3 is 0 Å². The highest BCUT2D eigenvalue weighted by atomic mass is 16.4. The Morgan fingerprint density at radius 3 is 2.59 bits per heavy atom. The molecule has 2 rings (SSSR count). The first-order chi connectivity index (χ1) is 8.31. The summed E-state index contributed by atoms with van der Waals surface area (Å²) in [7, 11) is 0. The summed E-state index contributed by atoms with van der Waals surface area (Å²) in [6.45, 7) is 1.99. The summed E-state index contributed by atoms with van der Waals surface area (Å²) < 4.78 is 0. The molecule has 1 aliphatic rings. The van der Waals surface area contributed by atoms with E-state index in [0.717, 1.165) is 18.9 Å². The van der Waals surface area contributed by atoms with Gasteiger partial charge in [-0.1, -0.05) is 18.0 Å². The number of oxime groups is 1. The molecule has 0 aliphatic carbocycles. The van der Waals surface area contributed by atoms with Crippen LogP contribution in [0.4, 0.5) is 5.82 Å². The largest absolute Gasteiger partial charge is 0.409 e. The summed E-state index contributed by atoms with van der Waals surface area (Å²) in [5, 5.41) is 11.6. The van der Waals surface area contributed by atoms with Crippen molar-refractivity contribution in [3.8, 4) is 0 Å². The van der Waals surface area contributed by atoms with Crippen LogP contribution in [0.15, 0.2) is 17.5 Å². The molecule has 0 unspecified atom stereocenters. The highest BCUT2D eigenvalue weighted by Gasteiger charge is 2.12. The molecule has 1 aliphatic heterocycles. The molecule has 3 N–H and O–H groups in total. The van der Waals surface area contributed by atoms with Crippen molar-refractivity contribution in [3.05, 3.63) is 18.1 Å². The molecule has 17 heavy (non-hydrogen) atoms. The maximum Gasteiger partial charge on any atom is 0.190 e. The molecule has 0 bridgehead atoms. The summed E-state index contributed by atoms with van der Waals surface area (Å²) in [6, 6.07) is 0. The summed E-state index contributed by atoms with van der Waals surface area (Å²) in [5.74, 6) is 0.796. The molecule has 2 heterocycles. The number of hydrogen-bond acceptors (Lipinski definition) is 5. The maximum absolute atomic E-state index is 8.62. The molecule has 1 fully saturated rings. The zero-order valence-electron chi connectivity index (χ0n) is 9.71. The topological polar surface area (TPSA) is 87.6 Å². The van der Waals surface area contributed by atoms with Gasteiger partial charge in [0.25, 0.3) is 0 Å². The Morgan fingerprint density at radius 2 is 1.94 bits per heavy atom. The van der Waals surface area contributed by atoms with Crippen molar-refractivity contribution in [1.82, 2.24) is 9.97 Å². The Morgan fingerprint density at radius 1 is 1.24 bits per heavy atom. The Kier molecular flexibility index (Phi) is 3.74. The Hall–Kier alpha value is -1.85. The summed E-state index contributed by atoms with van der Waals surface area (Å²) in [6.07, 6.45) is 8.11. The average Bonchev–Trinajstić information content (AvgIpc) is 2.67. The standard InChI is InChI=1S/C11H17N5O/c12-11(15-17)9-7-13-8-10(14-9)16-5-3-1-2-4-6-16/h7-8,17H,1-6H2,(H2,12,15). The Balaban J connectivity index is 2.19. The molecule has 1 saturated heterocycles. The lowest BCUT2D eigenvalue weighted by atomic mass is 10.2. The van der Waals surface area contributed by atoms with E-state index in [4.69, 9.17) is 10.9 Å². The quantitative estimate of drug-likeness (QED) is 0.345. The summed E-state index contributed by atoms with van der Waals surface area (Å²) in [4.78, 5) is 10.6. The van der Waals surface area contributed by atoms with Crippen LogP contribution >= 0.6 is 0 Å². The van der Waals surface area contributed by atoms with E-state index >= 15 is 0 Å². The molecule has 6 heteroatoms. The van der Waals surface area contributed by atoms with Crippen LogP contribution in [0.3, 0.4) is 0 Å². The van der Waals surface area contributed by atoms with Gasteiger partial charge in [0.15, 0.2) is 5.84 Å². The predicted octanol–water partition coefficient (Wildman–Crippen LogP) is 0.951. The highest BCUT2D eigenvalue weighted by molar-refractivity contribution is 5.95. The minimum atomic E-state index is -0.00540. The fourth-order valence-corrected chi connectivity index (χ4v) is 1.98. The fraction of sp³-hybridized carbons (Fsp3) is 0.545. The van der Waals surface area contributed by atoms with Crippen LogP contribution in [0.5, 0.6) is 0 Å². The average molecular weight is 235 g/mol. The van der Waals surface area contributed by atoms with Gasteiger partial charge in [-0.15, -0.1) is 0 Å². The van der Waals surface area contributed by atoms with E-state index in [2.05, 4.69) is 20.0 Å². The van der Waals surface area contributed by atoms with E-state index in [-0.39, 0.29) is 5.84 Å². The molecular weight excluding hydrogens is 218 g/mol. The van der Waals surface area contributed by atoms with Gasteiger partial charge in [0.05, 0.1) is 12.4 Å². The van der Waals surface area contributed by atoms with Gasteiger partial charge in [-0.25, -0.2) is 4.98 Å². The number of hydrogen-bond donors (Lipinski definition) is 2. The lowest BCUT2D eigenvalue weighted by Crippen LogP contribution is -2.26. The first kappa shape index (κ1) is 11.6. The molecule has 6 nitrogen and oxygen atoms in total. The minimum absolute atomic E-state index is 0.00540. The number of anilines is 1. The Labute approximate surface area is 100 Å². The van der Waals surface area contributed by atoms with Gasteiger partial charge in [0.2, 0.25) is 0 Å². The molecule has 0 saturated carbocycles. The molecule has 0 spiro atoms. The van der Waals surface area contributed by atoms with Crippen LogP contribution in [-0.2, 0) is 0 Å². The molecule has 0 radical (unpaired) electrons. The van der Waals surface area contributed by atoms with Gasteiger partial charge in [-0.2, -0.15) is 0 Å². The minimum Gasteiger partial charge on any atom is -0.409 e. The van der Waals surface area contributed by atoms with Crippen molar-refractivity contribution < 1.29 is 5.21 Å². The molecule has 92 valence electrons. The predicted molar refractivity (Wildman–Crippen MR) is 65.2 cm³/mol.